The van der Waals surface area contributed by atoms with E-state index in [2.05, 4.69) is 4.99 Å². The van der Waals surface area contributed by atoms with Crippen molar-refractivity contribution < 1.29 is 12.8 Å². The predicted molar refractivity (Wildman–Crippen MR) is 87.3 cm³/mol. The van der Waals surface area contributed by atoms with Gasteiger partial charge in [-0.25, -0.2) is 12.8 Å². The lowest BCUT2D eigenvalue weighted by molar-refractivity contribution is 0.596. The molecule has 0 saturated heterocycles. The number of aliphatic imine (C=N–C) groups is 1. The molecule has 2 aromatic carbocycles. The van der Waals surface area contributed by atoms with Crippen LogP contribution in [0.15, 0.2) is 70.3 Å². The van der Waals surface area contributed by atoms with Crippen molar-refractivity contribution in [2.75, 3.05) is 5.88 Å². The number of allylic oxidation sites excluding steroid dienone is 1. The van der Waals surface area contributed by atoms with Gasteiger partial charge in [0.05, 0.1) is 11.1 Å². The molecule has 0 amide bonds. The number of hydrogen-bond acceptors (Lipinski definition) is 3. The first-order valence-corrected chi connectivity index (χ1v) is 8.34. The van der Waals surface area contributed by atoms with Crippen LogP contribution < -0.4 is 0 Å². The van der Waals surface area contributed by atoms with Crippen molar-refractivity contribution in [3.8, 4) is 0 Å². The number of sulfone groups is 1. The summed E-state index contributed by atoms with van der Waals surface area (Å²) in [5.41, 5.74) is 1.66. The SMILES string of the molecule is Cc1ccc(S(=O)(=O)CN=C/C(F)=C/c2ccccc2)cc1. The molecule has 3 nitrogen and oxygen atoms in total. The summed E-state index contributed by atoms with van der Waals surface area (Å²) in [7, 11) is -3.54. The maximum Gasteiger partial charge on any atom is 0.198 e. The normalized spacial score (nSPS) is 12.7. The van der Waals surface area contributed by atoms with Crippen LogP contribution in [0.5, 0.6) is 0 Å². The predicted octanol–water partition coefficient (Wildman–Crippen LogP) is 3.81. The minimum Gasteiger partial charge on any atom is -0.274 e. The lowest BCUT2D eigenvalue weighted by Gasteiger charge is -2.01. The Morgan fingerprint density at radius 2 is 1.73 bits per heavy atom. The van der Waals surface area contributed by atoms with Gasteiger partial charge < -0.3 is 0 Å². The summed E-state index contributed by atoms with van der Waals surface area (Å²) in [6, 6.07) is 15.4. The quantitative estimate of drug-likeness (QED) is 0.787. The molecule has 2 aromatic rings. The Bertz CT molecular complexity index is 779. The number of rotatable bonds is 5. The van der Waals surface area contributed by atoms with Gasteiger partial charge >= 0.3 is 0 Å². The second-order valence-electron chi connectivity index (χ2n) is 4.81. The van der Waals surface area contributed by atoms with Gasteiger partial charge in [0.15, 0.2) is 9.84 Å². The topological polar surface area (TPSA) is 46.5 Å². The average Bonchev–Trinajstić information content (AvgIpc) is 2.48. The molecule has 0 saturated carbocycles. The Morgan fingerprint density at radius 3 is 2.36 bits per heavy atom. The first-order chi connectivity index (χ1) is 10.5. The van der Waals surface area contributed by atoms with Crippen molar-refractivity contribution in [2.45, 2.75) is 11.8 Å². The molecule has 114 valence electrons. The number of halogens is 1. The van der Waals surface area contributed by atoms with Crippen LogP contribution in [0.1, 0.15) is 11.1 Å². The third kappa shape index (κ3) is 4.63. The van der Waals surface area contributed by atoms with Gasteiger partial charge in [-0.3, -0.25) is 4.99 Å². The standard InChI is InChI=1S/C17H16FNO2S/c1-14-7-9-17(10-8-14)22(20,21)13-19-12-16(18)11-15-5-3-2-4-6-15/h2-12H,13H2,1H3/b16-11-,19-12?. The molecule has 0 spiro atoms. The molecule has 0 aliphatic heterocycles. The molecule has 0 fully saturated rings. The molecular formula is C17H16FNO2S. The Kier molecular flexibility index (Phi) is 5.22. The summed E-state index contributed by atoms with van der Waals surface area (Å²) in [5, 5.41) is 0. The first kappa shape index (κ1) is 16.1. The molecule has 0 unspecified atom stereocenters. The fourth-order valence-electron chi connectivity index (χ4n) is 1.79. The van der Waals surface area contributed by atoms with Gasteiger partial charge in [-0.1, -0.05) is 48.0 Å². The highest BCUT2D eigenvalue weighted by molar-refractivity contribution is 7.91. The van der Waals surface area contributed by atoms with Crippen molar-refractivity contribution in [1.82, 2.24) is 0 Å². The van der Waals surface area contributed by atoms with E-state index in [1.807, 2.05) is 13.0 Å². The van der Waals surface area contributed by atoms with Crippen LogP contribution in [0.4, 0.5) is 4.39 Å². The molecule has 0 radical (unpaired) electrons. The Morgan fingerprint density at radius 1 is 1.09 bits per heavy atom. The van der Waals surface area contributed by atoms with Gasteiger partial charge in [-0.05, 0) is 30.7 Å². The third-order valence-corrected chi connectivity index (χ3v) is 4.42. The van der Waals surface area contributed by atoms with Gasteiger partial charge in [-0.2, -0.15) is 0 Å². The third-order valence-electron chi connectivity index (χ3n) is 2.94. The summed E-state index contributed by atoms with van der Waals surface area (Å²) >= 11 is 0. The minimum absolute atomic E-state index is 0.183. The highest BCUT2D eigenvalue weighted by atomic mass is 32.2. The molecule has 0 atom stereocenters. The monoisotopic (exact) mass is 317 g/mol. The van der Waals surface area contributed by atoms with Gasteiger partial charge in [-0.15, -0.1) is 0 Å². The van der Waals surface area contributed by atoms with Gasteiger partial charge in [0.1, 0.15) is 11.7 Å². The van der Waals surface area contributed by atoms with Crippen LogP contribution in [-0.4, -0.2) is 20.5 Å². The molecule has 0 N–H and O–H groups in total. The Balaban J connectivity index is 2.05. The second-order valence-corrected chi connectivity index (χ2v) is 6.77. The molecule has 0 aromatic heterocycles. The zero-order chi connectivity index (χ0) is 16.0. The highest BCUT2D eigenvalue weighted by Crippen LogP contribution is 2.12. The van der Waals surface area contributed by atoms with Crippen molar-refractivity contribution in [3.63, 3.8) is 0 Å². The maximum absolute atomic E-state index is 13.6. The van der Waals surface area contributed by atoms with E-state index in [9.17, 15) is 12.8 Å². The molecule has 0 aliphatic rings. The van der Waals surface area contributed by atoms with Crippen LogP contribution in [0.25, 0.3) is 6.08 Å². The van der Waals surface area contributed by atoms with Gasteiger partial charge in [0, 0.05) is 0 Å². The smallest absolute Gasteiger partial charge is 0.198 e. The van der Waals surface area contributed by atoms with E-state index in [1.165, 1.54) is 18.2 Å². The number of benzene rings is 2. The van der Waals surface area contributed by atoms with E-state index < -0.39 is 21.5 Å². The van der Waals surface area contributed by atoms with E-state index in [0.29, 0.717) is 5.56 Å². The highest BCUT2D eigenvalue weighted by Gasteiger charge is 2.12. The lowest BCUT2D eigenvalue weighted by Crippen LogP contribution is -2.05. The van der Waals surface area contributed by atoms with Crippen LogP contribution in [0.3, 0.4) is 0 Å². The van der Waals surface area contributed by atoms with E-state index in [-0.39, 0.29) is 4.90 Å². The van der Waals surface area contributed by atoms with Crippen LogP contribution in [0.2, 0.25) is 0 Å². The maximum atomic E-state index is 13.6. The lowest BCUT2D eigenvalue weighted by atomic mass is 10.2. The van der Waals surface area contributed by atoms with Crippen molar-refractivity contribution in [2.24, 2.45) is 4.99 Å². The summed E-state index contributed by atoms with van der Waals surface area (Å²) in [6.45, 7) is 1.87. The average molecular weight is 317 g/mol. The minimum atomic E-state index is -3.54. The number of aryl methyl sites for hydroxylation is 1. The van der Waals surface area contributed by atoms with E-state index in [4.69, 9.17) is 0 Å². The van der Waals surface area contributed by atoms with Crippen LogP contribution >= 0.6 is 0 Å². The zero-order valence-electron chi connectivity index (χ0n) is 12.1. The molecule has 2 rings (SSSR count). The van der Waals surface area contributed by atoms with Crippen molar-refractivity contribution >= 4 is 22.1 Å². The molecule has 0 aliphatic carbocycles. The first-order valence-electron chi connectivity index (χ1n) is 6.69. The Labute approximate surface area is 129 Å². The van der Waals surface area contributed by atoms with Crippen molar-refractivity contribution in [1.29, 1.82) is 0 Å². The summed E-state index contributed by atoms with van der Waals surface area (Å²) in [4.78, 5) is 3.86. The molecule has 5 heteroatoms. The molecule has 0 heterocycles. The fraction of sp³-hybridized carbons (Fsp3) is 0.118. The zero-order valence-corrected chi connectivity index (χ0v) is 12.9. The van der Waals surface area contributed by atoms with Crippen LogP contribution in [-0.2, 0) is 9.84 Å². The van der Waals surface area contributed by atoms with Gasteiger partial charge in [0.2, 0.25) is 0 Å². The second kappa shape index (κ2) is 7.13. The molecular weight excluding hydrogens is 301 g/mol. The summed E-state index contributed by atoms with van der Waals surface area (Å²) in [6.07, 6.45) is 2.22. The summed E-state index contributed by atoms with van der Waals surface area (Å²) in [5.74, 6) is -1.07. The number of nitrogens with zero attached hydrogens (tertiary/aromatic N) is 1. The largest absolute Gasteiger partial charge is 0.274 e. The molecule has 22 heavy (non-hydrogen) atoms. The van der Waals surface area contributed by atoms with E-state index >= 15 is 0 Å². The van der Waals surface area contributed by atoms with Gasteiger partial charge in [0.25, 0.3) is 0 Å². The fourth-order valence-corrected chi connectivity index (χ4v) is 2.76. The molecule has 0 bridgehead atoms. The Hall–Kier alpha value is -2.27. The van der Waals surface area contributed by atoms with Crippen molar-refractivity contribution in [3.05, 3.63) is 71.6 Å². The van der Waals surface area contributed by atoms with E-state index in [0.717, 1.165) is 11.8 Å². The summed E-state index contributed by atoms with van der Waals surface area (Å²) < 4.78 is 37.7. The van der Waals surface area contributed by atoms with Crippen LogP contribution in [0, 0.1) is 6.92 Å². The number of hydrogen-bond donors (Lipinski definition) is 0. The van der Waals surface area contributed by atoms with E-state index in [1.54, 1.807) is 36.4 Å².